The van der Waals surface area contributed by atoms with Crippen molar-refractivity contribution < 1.29 is 14.1 Å². The van der Waals surface area contributed by atoms with Crippen LogP contribution in [0.25, 0.3) is 11.5 Å². The lowest BCUT2D eigenvalue weighted by Gasteiger charge is -2.21. The number of aryl methyl sites for hydroxylation is 1. The van der Waals surface area contributed by atoms with E-state index in [2.05, 4.69) is 33.8 Å². The first-order chi connectivity index (χ1) is 16.2. The lowest BCUT2D eigenvalue weighted by Crippen LogP contribution is -2.20. The molecule has 190 valence electrons. The summed E-state index contributed by atoms with van der Waals surface area (Å²) in [5, 5.41) is 13.9. The third kappa shape index (κ3) is 6.93. The highest BCUT2D eigenvalue weighted by atomic mass is 35.5. The van der Waals surface area contributed by atoms with Crippen molar-refractivity contribution in [1.82, 2.24) is 19.9 Å². The van der Waals surface area contributed by atoms with Gasteiger partial charge < -0.3 is 13.8 Å². The van der Waals surface area contributed by atoms with Crippen LogP contribution in [0.5, 0.6) is 0 Å². The van der Waals surface area contributed by atoms with Crippen LogP contribution in [0.1, 0.15) is 81.8 Å². The topological polar surface area (TPSA) is 83.0 Å². The fourth-order valence-corrected chi connectivity index (χ4v) is 4.41. The number of aromatic nitrogens is 4. The summed E-state index contributed by atoms with van der Waals surface area (Å²) in [5.41, 5.74) is 2.66. The molecule has 9 heteroatoms. The van der Waals surface area contributed by atoms with Crippen LogP contribution in [-0.2, 0) is 22.4 Å². The number of carbonyl (C=O) groups excluding carboxylic acids is 1. The third-order valence-corrected chi connectivity index (χ3v) is 6.10. The number of carbonyl (C=O) groups is 1. The van der Waals surface area contributed by atoms with Crippen molar-refractivity contribution in [2.75, 3.05) is 0 Å². The Balaban J connectivity index is 0.00000342. The van der Waals surface area contributed by atoms with Crippen LogP contribution in [0.2, 0.25) is 5.02 Å². The van der Waals surface area contributed by atoms with E-state index in [0.717, 1.165) is 36.1 Å². The van der Waals surface area contributed by atoms with E-state index in [4.69, 9.17) is 20.9 Å². The fraction of sp³-hybridized carbons (Fsp3) is 0.538. The molecule has 0 spiro atoms. The van der Waals surface area contributed by atoms with Crippen LogP contribution < -0.4 is 0 Å². The Kier molecular flexibility index (Phi) is 9.13. The average Bonchev–Trinajstić information content (AvgIpc) is 3.32. The van der Waals surface area contributed by atoms with Crippen LogP contribution in [0, 0.1) is 12.8 Å². The molecule has 1 aliphatic carbocycles. The van der Waals surface area contributed by atoms with E-state index < -0.39 is 6.10 Å². The first-order valence-electron chi connectivity index (χ1n) is 12.0. The number of ether oxygens (including phenoxy) is 1. The van der Waals surface area contributed by atoms with E-state index in [0.29, 0.717) is 34.7 Å². The minimum absolute atomic E-state index is 0. The third-order valence-electron chi connectivity index (χ3n) is 5.86. The first-order valence-corrected chi connectivity index (χ1v) is 12.4. The molecule has 7 nitrogen and oxygen atoms in total. The number of halogens is 2. The summed E-state index contributed by atoms with van der Waals surface area (Å²) in [6.07, 6.45) is 2.91. The predicted molar refractivity (Wildman–Crippen MR) is 138 cm³/mol. The number of nitrogens with zero attached hydrogens (tertiary/aromatic N) is 4. The molecule has 1 aromatic carbocycles. The summed E-state index contributed by atoms with van der Waals surface area (Å²) >= 11 is 6.07. The van der Waals surface area contributed by atoms with Gasteiger partial charge in [-0.05, 0) is 62.8 Å². The van der Waals surface area contributed by atoms with Gasteiger partial charge in [0.15, 0.2) is 17.3 Å². The predicted octanol–water partition coefficient (Wildman–Crippen LogP) is 6.52. The van der Waals surface area contributed by atoms with Crippen molar-refractivity contribution in [2.45, 2.75) is 85.0 Å². The Labute approximate surface area is 218 Å². The molecular weight excluding hydrogens is 487 g/mol. The summed E-state index contributed by atoms with van der Waals surface area (Å²) < 4.78 is 13.9. The highest BCUT2D eigenvalue weighted by molar-refractivity contribution is 6.30. The van der Waals surface area contributed by atoms with Gasteiger partial charge in [0.25, 0.3) is 0 Å². The molecule has 0 saturated heterocycles. The maximum Gasteiger partial charge on any atom is 0.186 e. The zero-order valence-electron chi connectivity index (χ0n) is 21.0. The second kappa shape index (κ2) is 11.7. The molecule has 1 aliphatic rings. The van der Waals surface area contributed by atoms with Crippen LogP contribution >= 0.6 is 24.0 Å². The van der Waals surface area contributed by atoms with Gasteiger partial charge in [-0.15, -0.1) is 22.6 Å². The summed E-state index contributed by atoms with van der Waals surface area (Å²) in [7, 11) is 0. The summed E-state index contributed by atoms with van der Waals surface area (Å²) in [5.74, 6) is 2.75. The van der Waals surface area contributed by atoms with Crippen molar-refractivity contribution >= 4 is 29.8 Å². The van der Waals surface area contributed by atoms with E-state index in [1.165, 1.54) is 0 Å². The average molecular weight is 521 g/mol. The van der Waals surface area contributed by atoms with Crippen molar-refractivity contribution in [3.8, 4) is 11.5 Å². The van der Waals surface area contributed by atoms with E-state index in [-0.39, 0.29) is 36.8 Å². The molecule has 4 rings (SSSR count). The zero-order valence-corrected chi connectivity index (χ0v) is 22.5. The number of Topliss-reactive ketones (excluding diaryl/α,β-unsaturated/α-hetero) is 1. The van der Waals surface area contributed by atoms with Crippen molar-refractivity contribution in [3.63, 3.8) is 0 Å². The Hall–Kier alpha value is -2.22. The van der Waals surface area contributed by atoms with E-state index >= 15 is 0 Å². The van der Waals surface area contributed by atoms with E-state index in [1.54, 1.807) is 0 Å². The summed E-state index contributed by atoms with van der Waals surface area (Å²) in [4.78, 5) is 13.1. The Morgan fingerprint density at radius 3 is 2.57 bits per heavy atom. The molecule has 0 N–H and O–H groups in total. The lowest BCUT2D eigenvalue weighted by molar-refractivity contribution is -0.122. The van der Waals surface area contributed by atoms with Gasteiger partial charge >= 0.3 is 0 Å². The Morgan fingerprint density at radius 1 is 1.20 bits per heavy atom. The normalized spacial score (nSPS) is 14.4. The SMILES string of the molecule is Cc1cc(Cl)ccc1CC(=O)C[C@H](OC(C)C)c1nnc(-c2cc(CC(C)C)on2)n1C1CC1.Cl. The maximum atomic E-state index is 13.1. The standard InChI is InChI=1S/C26H33ClN4O3.ClH/c1-15(2)10-22-14-23(30-34-22)25-28-29-26(31(25)20-8-9-20)24(33-16(3)4)13-21(32)12-18-6-7-19(27)11-17(18)5;/h6-7,11,14-16,20,24H,8-10,12-13H2,1-5H3;1H/t24-;/m0./s1. The molecular formula is C26H34Cl2N4O3. The summed E-state index contributed by atoms with van der Waals surface area (Å²) in [6, 6.07) is 7.85. The monoisotopic (exact) mass is 520 g/mol. The van der Waals surface area contributed by atoms with Gasteiger partial charge in [0.05, 0.1) is 6.10 Å². The van der Waals surface area contributed by atoms with Gasteiger partial charge in [-0.2, -0.15) is 0 Å². The minimum Gasteiger partial charge on any atom is -0.367 e. The highest BCUT2D eigenvalue weighted by Gasteiger charge is 2.35. The number of benzene rings is 1. The molecule has 0 amide bonds. The fourth-order valence-electron chi connectivity index (χ4n) is 4.19. The molecule has 1 atom stereocenters. The van der Waals surface area contributed by atoms with Crippen molar-refractivity contribution in [2.24, 2.45) is 5.92 Å². The van der Waals surface area contributed by atoms with E-state index in [9.17, 15) is 4.79 Å². The molecule has 0 radical (unpaired) electrons. The molecule has 2 aromatic heterocycles. The maximum absolute atomic E-state index is 13.1. The van der Waals surface area contributed by atoms with Crippen LogP contribution in [0.15, 0.2) is 28.8 Å². The molecule has 2 heterocycles. The Morgan fingerprint density at radius 2 is 1.94 bits per heavy atom. The molecule has 3 aromatic rings. The van der Waals surface area contributed by atoms with Gasteiger partial charge in [0, 0.05) is 36.4 Å². The first kappa shape index (κ1) is 27.4. The lowest BCUT2D eigenvalue weighted by atomic mass is 10.00. The van der Waals surface area contributed by atoms with Gasteiger partial charge in [-0.1, -0.05) is 36.7 Å². The van der Waals surface area contributed by atoms with Gasteiger partial charge in [0.2, 0.25) is 0 Å². The molecule has 0 bridgehead atoms. The molecule has 0 unspecified atom stereocenters. The quantitative estimate of drug-likeness (QED) is 0.286. The van der Waals surface area contributed by atoms with Crippen LogP contribution in [0.3, 0.4) is 0 Å². The highest BCUT2D eigenvalue weighted by Crippen LogP contribution is 2.41. The second-order valence-corrected chi connectivity index (χ2v) is 10.4. The largest absolute Gasteiger partial charge is 0.367 e. The van der Waals surface area contributed by atoms with E-state index in [1.807, 2.05) is 45.0 Å². The van der Waals surface area contributed by atoms with Crippen LogP contribution in [-0.4, -0.2) is 31.8 Å². The number of hydrogen-bond acceptors (Lipinski definition) is 6. The van der Waals surface area contributed by atoms with Crippen molar-refractivity contribution in [3.05, 3.63) is 52.0 Å². The molecule has 0 aliphatic heterocycles. The number of hydrogen-bond donors (Lipinski definition) is 0. The second-order valence-electron chi connectivity index (χ2n) is 9.92. The van der Waals surface area contributed by atoms with Crippen LogP contribution in [0.4, 0.5) is 0 Å². The van der Waals surface area contributed by atoms with Gasteiger partial charge in [-0.3, -0.25) is 4.79 Å². The molecule has 1 saturated carbocycles. The minimum atomic E-state index is -0.482. The number of rotatable bonds is 11. The Bertz CT molecular complexity index is 1150. The smallest absolute Gasteiger partial charge is 0.186 e. The van der Waals surface area contributed by atoms with Gasteiger partial charge in [-0.25, -0.2) is 0 Å². The zero-order chi connectivity index (χ0) is 24.4. The molecule has 35 heavy (non-hydrogen) atoms. The molecule has 1 fully saturated rings. The van der Waals surface area contributed by atoms with Gasteiger partial charge in [0.1, 0.15) is 17.6 Å². The number of ketones is 1. The van der Waals surface area contributed by atoms with Crippen molar-refractivity contribution in [1.29, 1.82) is 0 Å². The summed E-state index contributed by atoms with van der Waals surface area (Å²) in [6.45, 7) is 10.2.